The zero-order valence-electron chi connectivity index (χ0n) is 4.51. The van der Waals surface area contributed by atoms with Gasteiger partial charge in [0.1, 0.15) is 0 Å². The minimum Gasteiger partial charge on any atom is -0.354 e. The number of hydrogen-bond donors (Lipinski definition) is 0. The van der Waals surface area contributed by atoms with E-state index in [9.17, 15) is 0 Å². The SMILES string of the molecule is C=NC(=S)N(C)C. The van der Waals surface area contributed by atoms with Crippen molar-refractivity contribution in [2.75, 3.05) is 14.1 Å². The van der Waals surface area contributed by atoms with Crippen molar-refractivity contribution in [1.29, 1.82) is 0 Å². The molecule has 0 atom stereocenters. The van der Waals surface area contributed by atoms with E-state index >= 15 is 0 Å². The first-order valence-corrected chi connectivity index (χ1v) is 2.27. The van der Waals surface area contributed by atoms with Crippen LogP contribution in [0.25, 0.3) is 0 Å². The molecule has 0 heterocycles. The molecule has 2 nitrogen and oxygen atoms in total. The lowest BCUT2D eigenvalue weighted by atomic mass is 10.9. The van der Waals surface area contributed by atoms with Crippen LogP contribution in [0.5, 0.6) is 0 Å². The van der Waals surface area contributed by atoms with Crippen LogP contribution in [0.3, 0.4) is 0 Å². The molecule has 0 fully saturated rings. The van der Waals surface area contributed by atoms with Crippen molar-refractivity contribution in [3.05, 3.63) is 0 Å². The van der Waals surface area contributed by atoms with E-state index in [4.69, 9.17) is 0 Å². The van der Waals surface area contributed by atoms with Crippen LogP contribution >= 0.6 is 12.2 Å². The normalized spacial score (nSPS) is 7.71. The van der Waals surface area contributed by atoms with Gasteiger partial charge in [-0.2, -0.15) is 0 Å². The number of aliphatic imine (C=N–C) groups is 1. The van der Waals surface area contributed by atoms with Gasteiger partial charge in [-0.25, -0.2) is 4.99 Å². The smallest absolute Gasteiger partial charge is 0.194 e. The van der Waals surface area contributed by atoms with Crippen LogP contribution < -0.4 is 0 Å². The fourth-order valence-electron chi connectivity index (χ4n) is 0.141. The minimum absolute atomic E-state index is 0.528. The highest BCUT2D eigenvalue weighted by Crippen LogP contribution is 1.80. The van der Waals surface area contributed by atoms with Crippen molar-refractivity contribution in [2.45, 2.75) is 0 Å². The Balaban J connectivity index is 3.56. The molecule has 0 aromatic carbocycles. The Morgan fingerprint density at radius 2 is 2.14 bits per heavy atom. The number of thiocarbonyl (C=S) groups is 1. The van der Waals surface area contributed by atoms with Crippen molar-refractivity contribution in [3.63, 3.8) is 0 Å². The number of hydrogen-bond acceptors (Lipinski definition) is 1. The highest BCUT2D eigenvalue weighted by Gasteiger charge is 1.87. The van der Waals surface area contributed by atoms with Gasteiger partial charge in [0, 0.05) is 14.1 Å². The topological polar surface area (TPSA) is 15.6 Å². The molecular weight excluding hydrogens is 108 g/mol. The summed E-state index contributed by atoms with van der Waals surface area (Å²) in [6.45, 7) is 3.25. The van der Waals surface area contributed by atoms with E-state index in [1.807, 2.05) is 14.1 Å². The average Bonchev–Trinajstić information content (AvgIpc) is 1.65. The second kappa shape index (κ2) is 2.69. The molecule has 0 spiro atoms. The van der Waals surface area contributed by atoms with E-state index in [1.165, 1.54) is 0 Å². The van der Waals surface area contributed by atoms with Crippen LogP contribution in [0, 0.1) is 0 Å². The maximum absolute atomic E-state index is 4.68. The van der Waals surface area contributed by atoms with Crippen molar-refractivity contribution in [1.82, 2.24) is 4.90 Å². The molecule has 3 heteroatoms. The summed E-state index contributed by atoms with van der Waals surface area (Å²) in [5.74, 6) is 0. The average molecular weight is 116 g/mol. The first-order valence-electron chi connectivity index (χ1n) is 1.86. The Labute approximate surface area is 48.8 Å². The van der Waals surface area contributed by atoms with E-state index in [2.05, 4.69) is 23.9 Å². The Bertz CT molecular complexity index is 87.7. The summed E-state index contributed by atoms with van der Waals surface area (Å²) < 4.78 is 0. The zero-order valence-corrected chi connectivity index (χ0v) is 5.33. The van der Waals surface area contributed by atoms with Crippen molar-refractivity contribution in [3.8, 4) is 0 Å². The lowest BCUT2D eigenvalue weighted by Gasteiger charge is -2.05. The van der Waals surface area contributed by atoms with E-state index in [0.29, 0.717) is 5.11 Å². The lowest BCUT2D eigenvalue weighted by molar-refractivity contribution is 0.629. The predicted octanol–water partition coefficient (Wildman–Crippen LogP) is 0.534. The van der Waals surface area contributed by atoms with Gasteiger partial charge in [0.05, 0.1) is 0 Å². The summed E-state index contributed by atoms with van der Waals surface area (Å²) in [6, 6.07) is 0. The molecule has 0 unspecified atom stereocenters. The van der Waals surface area contributed by atoms with Gasteiger partial charge in [0.25, 0.3) is 0 Å². The molecule has 0 aromatic heterocycles. The Kier molecular flexibility index (Phi) is 2.52. The number of rotatable bonds is 0. The Morgan fingerprint density at radius 1 is 1.71 bits per heavy atom. The van der Waals surface area contributed by atoms with Gasteiger partial charge in [-0.1, -0.05) is 0 Å². The quantitative estimate of drug-likeness (QED) is 0.339. The van der Waals surface area contributed by atoms with E-state index in [0.717, 1.165) is 0 Å². The summed E-state index contributed by atoms with van der Waals surface area (Å²) in [5.41, 5.74) is 0. The molecule has 0 bridgehead atoms. The number of nitrogens with zero attached hydrogens (tertiary/aromatic N) is 2. The van der Waals surface area contributed by atoms with Gasteiger partial charge in [0.15, 0.2) is 5.11 Å². The van der Waals surface area contributed by atoms with Gasteiger partial charge in [-0.3, -0.25) is 0 Å². The summed E-state index contributed by atoms with van der Waals surface area (Å²) in [5, 5.41) is 0.528. The zero-order chi connectivity index (χ0) is 5.86. The van der Waals surface area contributed by atoms with Crippen LogP contribution in [-0.4, -0.2) is 30.8 Å². The third-order valence-corrected chi connectivity index (χ3v) is 1.01. The summed E-state index contributed by atoms with van der Waals surface area (Å²) >= 11 is 4.68. The summed E-state index contributed by atoms with van der Waals surface area (Å²) in [4.78, 5) is 5.22. The molecule has 0 rings (SSSR count). The van der Waals surface area contributed by atoms with Gasteiger partial charge in [-0.05, 0) is 18.9 Å². The van der Waals surface area contributed by atoms with Crippen molar-refractivity contribution >= 4 is 24.0 Å². The van der Waals surface area contributed by atoms with Gasteiger partial charge >= 0.3 is 0 Å². The lowest BCUT2D eigenvalue weighted by Crippen LogP contribution is -2.16. The van der Waals surface area contributed by atoms with E-state index in [-0.39, 0.29) is 0 Å². The van der Waals surface area contributed by atoms with Crippen LogP contribution in [0.1, 0.15) is 0 Å². The fraction of sp³-hybridized carbons (Fsp3) is 0.500. The molecular formula is C4H8N2S. The first-order chi connectivity index (χ1) is 3.18. The standard InChI is InChI=1S/C4H8N2S/c1-5-4(7)6(2)3/h1H2,2-3H3. The minimum atomic E-state index is 0.528. The van der Waals surface area contributed by atoms with Crippen LogP contribution in [0.4, 0.5) is 0 Å². The second-order valence-electron chi connectivity index (χ2n) is 1.34. The van der Waals surface area contributed by atoms with E-state index in [1.54, 1.807) is 4.90 Å². The monoisotopic (exact) mass is 116 g/mol. The van der Waals surface area contributed by atoms with E-state index < -0.39 is 0 Å². The summed E-state index contributed by atoms with van der Waals surface area (Å²) in [7, 11) is 3.66. The molecule has 0 amide bonds. The third-order valence-electron chi connectivity index (χ3n) is 0.518. The molecule has 0 N–H and O–H groups in total. The highest BCUT2D eigenvalue weighted by atomic mass is 32.1. The molecule has 40 valence electrons. The molecule has 0 aliphatic heterocycles. The van der Waals surface area contributed by atoms with Crippen LogP contribution in [-0.2, 0) is 0 Å². The second-order valence-corrected chi connectivity index (χ2v) is 1.70. The third kappa shape index (κ3) is 2.28. The van der Waals surface area contributed by atoms with Crippen molar-refractivity contribution in [2.24, 2.45) is 4.99 Å². The van der Waals surface area contributed by atoms with Gasteiger partial charge in [-0.15, -0.1) is 0 Å². The van der Waals surface area contributed by atoms with Crippen LogP contribution in [0.15, 0.2) is 4.99 Å². The largest absolute Gasteiger partial charge is 0.354 e. The van der Waals surface area contributed by atoms with Crippen LogP contribution in [0.2, 0.25) is 0 Å². The molecule has 7 heavy (non-hydrogen) atoms. The first kappa shape index (κ1) is 6.56. The highest BCUT2D eigenvalue weighted by molar-refractivity contribution is 7.80. The molecule has 0 saturated heterocycles. The van der Waals surface area contributed by atoms with Gasteiger partial charge < -0.3 is 4.90 Å². The Morgan fingerprint density at radius 3 is 2.14 bits per heavy atom. The molecule has 0 radical (unpaired) electrons. The maximum atomic E-state index is 4.68. The molecule has 0 aliphatic carbocycles. The predicted molar refractivity (Wildman–Crippen MR) is 35.8 cm³/mol. The summed E-state index contributed by atoms with van der Waals surface area (Å²) in [6.07, 6.45) is 0. The maximum Gasteiger partial charge on any atom is 0.194 e. The molecule has 0 saturated carbocycles. The fourth-order valence-corrected chi connectivity index (χ4v) is 0.141. The van der Waals surface area contributed by atoms with Gasteiger partial charge in [0.2, 0.25) is 0 Å². The molecule has 0 aliphatic rings. The molecule has 0 aromatic rings. The van der Waals surface area contributed by atoms with Crippen molar-refractivity contribution < 1.29 is 0 Å². The Hall–Kier alpha value is -0.440.